The molecule has 0 aliphatic rings. The minimum Gasteiger partial charge on any atom is -0.230 e. The maximum Gasteiger partial charge on any atom is 0.180 e. The summed E-state index contributed by atoms with van der Waals surface area (Å²) in [6.07, 6.45) is 1.51. The van der Waals surface area contributed by atoms with Crippen LogP contribution in [0.5, 0.6) is 0 Å². The molecule has 4 nitrogen and oxygen atoms in total. The first-order valence-electron chi connectivity index (χ1n) is 3.26. The second-order valence-corrected chi connectivity index (χ2v) is 4.90. The van der Waals surface area contributed by atoms with E-state index in [1.165, 1.54) is 29.4 Å². The molecule has 0 bridgehead atoms. The highest BCUT2D eigenvalue weighted by Crippen LogP contribution is 2.27. The second-order valence-electron chi connectivity index (χ2n) is 1.99. The average molecular weight is 275 g/mol. The first-order valence-corrected chi connectivity index (χ1v) is 5.75. The molecule has 0 saturated heterocycles. The summed E-state index contributed by atoms with van der Waals surface area (Å²) in [7, 11) is 0. The predicted molar refractivity (Wildman–Crippen MR) is 53.8 cm³/mol. The van der Waals surface area contributed by atoms with Gasteiger partial charge in [-0.15, -0.1) is 10.2 Å². The zero-order valence-electron chi connectivity index (χ0n) is 6.22. The summed E-state index contributed by atoms with van der Waals surface area (Å²) in [5.41, 5.74) is 1.69. The Kier molecular flexibility index (Phi) is 2.87. The van der Waals surface area contributed by atoms with E-state index in [0.29, 0.717) is 0 Å². The number of rotatable bonds is 2. The first-order chi connectivity index (χ1) is 6.34. The van der Waals surface area contributed by atoms with Crippen molar-refractivity contribution < 1.29 is 0 Å². The molecule has 2 rings (SSSR count). The van der Waals surface area contributed by atoms with Crippen LogP contribution in [0, 0.1) is 0 Å². The fourth-order valence-electron chi connectivity index (χ4n) is 0.670. The zero-order chi connectivity index (χ0) is 9.10. The summed E-state index contributed by atoms with van der Waals surface area (Å²) < 4.78 is 1.65. The van der Waals surface area contributed by atoms with E-state index >= 15 is 0 Å². The van der Waals surface area contributed by atoms with Gasteiger partial charge in [-0.1, -0.05) is 11.3 Å². The molecule has 0 fully saturated rings. The largest absolute Gasteiger partial charge is 0.230 e. The van der Waals surface area contributed by atoms with E-state index in [-0.39, 0.29) is 0 Å². The lowest BCUT2D eigenvalue weighted by atomic mass is 10.7. The van der Waals surface area contributed by atoms with Crippen LogP contribution in [-0.4, -0.2) is 20.2 Å². The molecule has 13 heavy (non-hydrogen) atoms. The van der Waals surface area contributed by atoms with Gasteiger partial charge in [0.15, 0.2) is 4.34 Å². The molecule has 0 spiro atoms. The Balaban J connectivity index is 2.19. The molecular formula is C6H3BrN4S2. The van der Waals surface area contributed by atoms with Crippen molar-refractivity contribution in [1.29, 1.82) is 0 Å². The first kappa shape index (κ1) is 9.04. The van der Waals surface area contributed by atoms with Crippen molar-refractivity contribution in [3.8, 4) is 0 Å². The fraction of sp³-hybridized carbons (Fsp3) is 0. The van der Waals surface area contributed by atoms with E-state index < -0.39 is 0 Å². The maximum absolute atomic E-state index is 4.08. The number of nitrogens with zero attached hydrogens (tertiary/aromatic N) is 4. The summed E-state index contributed by atoms with van der Waals surface area (Å²) in [5.74, 6) is 0. The van der Waals surface area contributed by atoms with Gasteiger partial charge in [0, 0.05) is 6.07 Å². The van der Waals surface area contributed by atoms with Gasteiger partial charge in [0.2, 0.25) is 0 Å². The summed E-state index contributed by atoms with van der Waals surface area (Å²) in [4.78, 5) is 8.00. The summed E-state index contributed by atoms with van der Waals surface area (Å²) in [5, 5.41) is 8.49. The zero-order valence-corrected chi connectivity index (χ0v) is 9.43. The van der Waals surface area contributed by atoms with Crippen LogP contribution in [0.15, 0.2) is 31.9 Å². The topological polar surface area (TPSA) is 51.6 Å². The molecule has 0 saturated carbocycles. The van der Waals surface area contributed by atoms with Crippen LogP contribution in [0.2, 0.25) is 0 Å². The monoisotopic (exact) mass is 274 g/mol. The van der Waals surface area contributed by atoms with E-state index in [0.717, 1.165) is 14.0 Å². The van der Waals surface area contributed by atoms with Gasteiger partial charge in [-0.25, -0.2) is 9.97 Å². The van der Waals surface area contributed by atoms with Crippen molar-refractivity contribution in [2.75, 3.05) is 0 Å². The molecule has 0 radical (unpaired) electrons. The van der Waals surface area contributed by atoms with Crippen LogP contribution in [0.3, 0.4) is 0 Å². The van der Waals surface area contributed by atoms with Crippen LogP contribution in [0.4, 0.5) is 0 Å². The number of aromatic nitrogens is 4. The van der Waals surface area contributed by atoms with Gasteiger partial charge in [0.25, 0.3) is 0 Å². The van der Waals surface area contributed by atoms with E-state index in [9.17, 15) is 0 Å². The molecule has 0 unspecified atom stereocenters. The van der Waals surface area contributed by atoms with E-state index in [1.54, 1.807) is 5.51 Å². The van der Waals surface area contributed by atoms with E-state index in [1.807, 2.05) is 6.07 Å². The summed E-state index contributed by atoms with van der Waals surface area (Å²) in [6.45, 7) is 0. The minimum absolute atomic E-state index is 0.773. The lowest BCUT2D eigenvalue weighted by molar-refractivity contribution is 0.994. The summed E-state index contributed by atoms with van der Waals surface area (Å²) >= 11 is 6.23. The molecule has 66 valence electrons. The molecule has 0 aliphatic heterocycles. The third kappa shape index (κ3) is 2.45. The fourth-order valence-corrected chi connectivity index (χ4v) is 2.52. The van der Waals surface area contributed by atoms with Crippen molar-refractivity contribution >= 4 is 39.0 Å². The lowest BCUT2D eigenvalue weighted by Gasteiger charge is -1.94. The Morgan fingerprint density at radius 2 is 2.31 bits per heavy atom. The summed E-state index contributed by atoms with van der Waals surface area (Å²) in [6, 6.07) is 1.84. The van der Waals surface area contributed by atoms with Gasteiger partial charge in [-0.05, 0) is 27.7 Å². The predicted octanol–water partition coefficient (Wildman–Crippen LogP) is 2.24. The van der Waals surface area contributed by atoms with Gasteiger partial charge >= 0.3 is 0 Å². The van der Waals surface area contributed by atoms with E-state index in [2.05, 4.69) is 36.1 Å². The van der Waals surface area contributed by atoms with E-state index in [4.69, 9.17) is 0 Å². The third-order valence-electron chi connectivity index (χ3n) is 1.14. The van der Waals surface area contributed by atoms with Crippen molar-refractivity contribution in [2.24, 2.45) is 0 Å². The van der Waals surface area contributed by atoms with Gasteiger partial charge in [0.05, 0.1) is 0 Å². The van der Waals surface area contributed by atoms with Crippen LogP contribution in [-0.2, 0) is 0 Å². The van der Waals surface area contributed by atoms with Crippen molar-refractivity contribution in [2.45, 2.75) is 9.37 Å². The lowest BCUT2D eigenvalue weighted by Crippen LogP contribution is -1.82. The van der Waals surface area contributed by atoms with Crippen molar-refractivity contribution in [3.05, 3.63) is 22.5 Å². The van der Waals surface area contributed by atoms with Crippen LogP contribution in [0.1, 0.15) is 0 Å². The smallest absolute Gasteiger partial charge is 0.180 e. The Morgan fingerprint density at radius 3 is 3.00 bits per heavy atom. The highest BCUT2D eigenvalue weighted by molar-refractivity contribution is 9.10. The van der Waals surface area contributed by atoms with Crippen LogP contribution >= 0.6 is 39.0 Å². The Bertz CT molecular complexity index is 391. The molecule has 0 amide bonds. The van der Waals surface area contributed by atoms with Gasteiger partial charge in [-0.2, -0.15) is 0 Å². The molecule has 2 aromatic heterocycles. The molecule has 2 heterocycles. The average Bonchev–Trinajstić information content (AvgIpc) is 2.57. The van der Waals surface area contributed by atoms with Crippen LogP contribution < -0.4 is 0 Å². The minimum atomic E-state index is 0.773. The number of hydrogen-bond acceptors (Lipinski definition) is 6. The van der Waals surface area contributed by atoms with Gasteiger partial charge < -0.3 is 0 Å². The standard InChI is InChI=1S/C6H3BrN4S2/c7-4-1-5(9-2-8-4)13-6-11-10-3-12-6/h1-3H. The molecule has 7 heteroatoms. The SMILES string of the molecule is Brc1cc(Sc2nncs2)ncn1. The van der Waals surface area contributed by atoms with Crippen molar-refractivity contribution in [3.63, 3.8) is 0 Å². The molecular weight excluding hydrogens is 272 g/mol. The Labute approximate surface area is 91.0 Å². The number of hydrogen-bond donors (Lipinski definition) is 0. The Hall–Kier alpha value is -0.530. The third-order valence-corrected chi connectivity index (χ3v) is 3.28. The van der Waals surface area contributed by atoms with Gasteiger partial charge in [0.1, 0.15) is 21.5 Å². The van der Waals surface area contributed by atoms with Gasteiger partial charge in [-0.3, -0.25) is 0 Å². The normalized spacial score (nSPS) is 10.2. The highest BCUT2D eigenvalue weighted by atomic mass is 79.9. The molecule has 2 aromatic rings. The van der Waals surface area contributed by atoms with Crippen molar-refractivity contribution in [1.82, 2.24) is 20.2 Å². The molecule has 0 aliphatic carbocycles. The molecule has 0 atom stereocenters. The number of halogens is 1. The van der Waals surface area contributed by atoms with Crippen LogP contribution in [0.25, 0.3) is 0 Å². The Morgan fingerprint density at radius 1 is 1.38 bits per heavy atom. The quantitative estimate of drug-likeness (QED) is 0.787. The second kappa shape index (κ2) is 4.12. The maximum atomic E-state index is 4.08. The highest BCUT2D eigenvalue weighted by Gasteiger charge is 2.02. The molecule has 0 aromatic carbocycles. The molecule has 0 N–H and O–H groups in total.